The summed E-state index contributed by atoms with van der Waals surface area (Å²) in [5, 5.41) is -0.243. The summed E-state index contributed by atoms with van der Waals surface area (Å²) in [5.41, 5.74) is 0.0264. The zero-order valence-electron chi connectivity index (χ0n) is 5.94. The maximum absolute atomic E-state index is 10.8. The Labute approximate surface area is 60.4 Å². The van der Waals surface area contributed by atoms with Crippen LogP contribution in [0.5, 0.6) is 0 Å². The van der Waals surface area contributed by atoms with Crippen LogP contribution in [0, 0.1) is 11.3 Å². The van der Waals surface area contributed by atoms with Crippen LogP contribution in [-0.4, -0.2) is 11.2 Å². The molecule has 1 fully saturated rings. The second-order valence-electron chi connectivity index (χ2n) is 3.31. The van der Waals surface area contributed by atoms with Gasteiger partial charge in [-0.1, -0.05) is 20.8 Å². The van der Waals surface area contributed by atoms with E-state index in [-0.39, 0.29) is 22.5 Å². The van der Waals surface area contributed by atoms with Crippen molar-refractivity contribution in [2.75, 3.05) is 0 Å². The van der Waals surface area contributed by atoms with E-state index in [9.17, 15) is 4.79 Å². The number of carbonyl (C=O) groups is 1. The number of Topliss-reactive ketones (excluding diaryl/α,β-unsaturated/α-hetero) is 1. The van der Waals surface area contributed by atoms with Gasteiger partial charge in [-0.25, -0.2) is 0 Å². The fourth-order valence-electron chi connectivity index (χ4n) is 1.08. The lowest BCUT2D eigenvalue weighted by Crippen LogP contribution is -2.54. The first-order valence-corrected chi connectivity index (χ1v) is 3.59. The summed E-state index contributed by atoms with van der Waals surface area (Å²) in [5.74, 6) is 0.349. The number of hydrogen-bond acceptors (Lipinski definition) is 1. The summed E-state index contributed by atoms with van der Waals surface area (Å²) in [4.78, 5) is 10.8. The highest BCUT2D eigenvalue weighted by atomic mass is 35.5. The average Bonchev–Trinajstić information content (AvgIpc) is 1.84. The van der Waals surface area contributed by atoms with Crippen LogP contribution < -0.4 is 0 Å². The predicted molar refractivity (Wildman–Crippen MR) is 37.6 cm³/mol. The molecule has 1 aliphatic rings. The molecule has 0 N–H and O–H groups in total. The first-order valence-electron chi connectivity index (χ1n) is 3.15. The topological polar surface area (TPSA) is 17.1 Å². The molecule has 0 amide bonds. The number of halogens is 1. The summed E-state index contributed by atoms with van der Waals surface area (Å²) < 4.78 is 0. The Balaban J connectivity index is 2.73. The molecule has 0 aliphatic heterocycles. The molecule has 0 spiro atoms. The summed E-state index contributed by atoms with van der Waals surface area (Å²) in [6.07, 6.45) is 0. The van der Waals surface area contributed by atoms with E-state index >= 15 is 0 Å². The molecule has 2 unspecified atom stereocenters. The molecule has 2 atom stereocenters. The lowest BCUT2D eigenvalue weighted by molar-refractivity contribution is -0.137. The van der Waals surface area contributed by atoms with Crippen LogP contribution >= 0.6 is 11.6 Å². The molecule has 0 bridgehead atoms. The molecule has 0 heterocycles. The van der Waals surface area contributed by atoms with Crippen LogP contribution in [0.2, 0.25) is 0 Å². The summed E-state index contributed by atoms with van der Waals surface area (Å²) in [6.45, 7) is 5.98. The largest absolute Gasteiger partial charge is 0.298 e. The van der Waals surface area contributed by atoms with E-state index in [0.717, 1.165) is 0 Å². The highest BCUT2D eigenvalue weighted by Crippen LogP contribution is 2.45. The van der Waals surface area contributed by atoms with E-state index in [1.54, 1.807) is 0 Å². The molecule has 0 radical (unpaired) electrons. The van der Waals surface area contributed by atoms with Gasteiger partial charge in [0.1, 0.15) is 0 Å². The number of alkyl halides is 1. The second-order valence-corrected chi connectivity index (χ2v) is 3.74. The standard InChI is InChI=1S/C7H11ClO/c1-4-5(9)6(8)7(4,2)3/h4,6H,1-3H3. The van der Waals surface area contributed by atoms with Gasteiger partial charge in [-0.3, -0.25) is 4.79 Å². The number of ketones is 1. The molecule has 9 heavy (non-hydrogen) atoms. The van der Waals surface area contributed by atoms with Crippen LogP contribution in [0.1, 0.15) is 20.8 Å². The molecule has 1 aliphatic carbocycles. The van der Waals surface area contributed by atoms with E-state index < -0.39 is 0 Å². The third-order valence-electron chi connectivity index (χ3n) is 2.45. The first kappa shape index (κ1) is 7.07. The molecule has 52 valence electrons. The van der Waals surface area contributed by atoms with Crippen molar-refractivity contribution < 1.29 is 4.79 Å². The fourth-order valence-corrected chi connectivity index (χ4v) is 1.45. The van der Waals surface area contributed by atoms with Crippen molar-refractivity contribution in [2.45, 2.75) is 26.1 Å². The van der Waals surface area contributed by atoms with Crippen LogP contribution in [0.4, 0.5) is 0 Å². The van der Waals surface area contributed by atoms with Gasteiger partial charge in [0.05, 0.1) is 5.38 Å². The van der Waals surface area contributed by atoms with Crippen LogP contribution in [0.15, 0.2) is 0 Å². The normalized spacial score (nSPS) is 40.2. The van der Waals surface area contributed by atoms with E-state index in [4.69, 9.17) is 11.6 Å². The first-order chi connectivity index (χ1) is 3.98. The molecular weight excluding hydrogens is 136 g/mol. The maximum Gasteiger partial charge on any atom is 0.154 e. The van der Waals surface area contributed by atoms with Crippen molar-refractivity contribution >= 4 is 17.4 Å². The maximum atomic E-state index is 10.8. The molecular formula is C7H11ClO. The lowest BCUT2D eigenvalue weighted by atomic mass is 9.62. The number of carbonyl (C=O) groups excluding carboxylic acids is 1. The highest BCUT2D eigenvalue weighted by Gasteiger charge is 2.52. The molecule has 2 heteroatoms. The molecule has 0 aromatic heterocycles. The van der Waals surface area contributed by atoms with Gasteiger partial charge in [0.15, 0.2) is 5.78 Å². The predicted octanol–water partition coefficient (Wildman–Crippen LogP) is 1.84. The molecule has 0 saturated heterocycles. The third-order valence-corrected chi connectivity index (χ3v) is 3.22. The van der Waals surface area contributed by atoms with Crippen molar-refractivity contribution in [3.05, 3.63) is 0 Å². The minimum absolute atomic E-state index is 0.0264. The minimum atomic E-state index is -0.243. The Hall–Kier alpha value is -0.0400. The Bertz CT molecular complexity index is 137. The van der Waals surface area contributed by atoms with Gasteiger partial charge in [-0.15, -0.1) is 11.6 Å². The van der Waals surface area contributed by atoms with Crippen molar-refractivity contribution in [3.63, 3.8) is 0 Å². The SMILES string of the molecule is CC1C(=O)C(Cl)C1(C)C. The lowest BCUT2D eigenvalue weighted by Gasteiger charge is -2.45. The van der Waals surface area contributed by atoms with Crippen molar-refractivity contribution in [2.24, 2.45) is 11.3 Å². The summed E-state index contributed by atoms with van der Waals surface area (Å²) in [7, 11) is 0. The minimum Gasteiger partial charge on any atom is -0.298 e. The Morgan fingerprint density at radius 2 is 2.00 bits per heavy atom. The van der Waals surface area contributed by atoms with Crippen LogP contribution in [0.3, 0.4) is 0 Å². The van der Waals surface area contributed by atoms with Gasteiger partial charge in [-0.05, 0) is 5.41 Å². The van der Waals surface area contributed by atoms with E-state index in [1.165, 1.54) is 0 Å². The van der Waals surface area contributed by atoms with Gasteiger partial charge in [0, 0.05) is 5.92 Å². The Morgan fingerprint density at radius 1 is 1.56 bits per heavy atom. The zero-order valence-corrected chi connectivity index (χ0v) is 6.70. The number of hydrogen-bond donors (Lipinski definition) is 0. The van der Waals surface area contributed by atoms with Gasteiger partial charge < -0.3 is 0 Å². The molecule has 0 aromatic carbocycles. The van der Waals surface area contributed by atoms with Gasteiger partial charge in [-0.2, -0.15) is 0 Å². The van der Waals surface area contributed by atoms with E-state index in [1.807, 2.05) is 20.8 Å². The van der Waals surface area contributed by atoms with Crippen molar-refractivity contribution in [1.29, 1.82) is 0 Å². The summed E-state index contributed by atoms with van der Waals surface area (Å²) in [6, 6.07) is 0. The molecule has 1 nitrogen and oxygen atoms in total. The quantitative estimate of drug-likeness (QED) is 0.477. The van der Waals surface area contributed by atoms with Gasteiger partial charge in [0.25, 0.3) is 0 Å². The van der Waals surface area contributed by atoms with Crippen molar-refractivity contribution in [3.8, 4) is 0 Å². The van der Waals surface area contributed by atoms with E-state index in [0.29, 0.717) is 0 Å². The molecule has 1 rings (SSSR count). The smallest absolute Gasteiger partial charge is 0.154 e. The number of rotatable bonds is 0. The fraction of sp³-hybridized carbons (Fsp3) is 0.857. The van der Waals surface area contributed by atoms with Gasteiger partial charge >= 0.3 is 0 Å². The summed E-state index contributed by atoms with van der Waals surface area (Å²) >= 11 is 5.74. The highest BCUT2D eigenvalue weighted by molar-refractivity contribution is 6.34. The van der Waals surface area contributed by atoms with Crippen LogP contribution in [-0.2, 0) is 4.79 Å². The Morgan fingerprint density at radius 3 is 2.11 bits per heavy atom. The monoisotopic (exact) mass is 146 g/mol. The van der Waals surface area contributed by atoms with Crippen molar-refractivity contribution in [1.82, 2.24) is 0 Å². The molecule has 0 aromatic rings. The average molecular weight is 147 g/mol. The second kappa shape index (κ2) is 1.72. The van der Waals surface area contributed by atoms with Crippen LogP contribution in [0.25, 0.3) is 0 Å². The van der Waals surface area contributed by atoms with E-state index in [2.05, 4.69) is 0 Å². The molecule has 1 saturated carbocycles. The van der Waals surface area contributed by atoms with Gasteiger partial charge in [0.2, 0.25) is 0 Å². The zero-order chi connectivity index (χ0) is 7.23. The third kappa shape index (κ3) is 0.710. The Kier molecular flexibility index (Phi) is 1.35.